The minimum Gasteiger partial charge on any atom is -0.493 e. The van der Waals surface area contributed by atoms with E-state index in [1.807, 2.05) is 6.07 Å². The zero-order valence-corrected chi connectivity index (χ0v) is 14.5. The molecule has 0 heterocycles. The fraction of sp³-hybridized carbons (Fsp3) is 0.235. The summed E-state index contributed by atoms with van der Waals surface area (Å²) in [5, 5.41) is 13.0. The van der Waals surface area contributed by atoms with E-state index < -0.39 is 6.10 Å². The second-order valence-corrected chi connectivity index (χ2v) is 5.67. The van der Waals surface area contributed by atoms with Crippen LogP contribution in [0, 0.1) is 0 Å². The Kier molecular flexibility index (Phi) is 6.01. The van der Waals surface area contributed by atoms with Crippen LogP contribution in [0.2, 0.25) is 0 Å². The average Bonchev–Trinajstić information content (AvgIpc) is 2.59. The van der Waals surface area contributed by atoms with E-state index in [9.17, 15) is 9.90 Å². The molecular formula is C17H18BrNO4. The summed E-state index contributed by atoms with van der Waals surface area (Å²) in [4.78, 5) is 12.1. The molecule has 0 bridgehead atoms. The summed E-state index contributed by atoms with van der Waals surface area (Å²) >= 11 is 3.33. The first-order valence-corrected chi connectivity index (χ1v) is 7.78. The lowest BCUT2D eigenvalue weighted by atomic mass is 10.1. The molecule has 0 aliphatic rings. The van der Waals surface area contributed by atoms with Gasteiger partial charge in [-0.2, -0.15) is 0 Å². The smallest absolute Gasteiger partial charge is 0.252 e. The third-order valence-electron chi connectivity index (χ3n) is 3.37. The maximum absolute atomic E-state index is 12.1. The van der Waals surface area contributed by atoms with Crippen LogP contribution < -0.4 is 14.8 Å². The summed E-state index contributed by atoms with van der Waals surface area (Å²) in [7, 11) is 3.08. The maximum Gasteiger partial charge on any atom is 0.252 e. The molecule has 1 amide bonds. The normalized spacial score (nSPS) is 11.7. The van der Waals surface area contributed by atoms with Gasteiger partial charge in [0, 0.05) is 11.0 Å². The minimum atomic E-state index is -0.846. The van der Waals surface area contributed by atoms with Gasteiger partial charge >= 0.3 is 0 Å². The molecule has 1 atom stereocenters. The van der Waals surface area contributed by atoms with Crippen LogP contribution in [0.25, 0.3) is 0 Å². The number of hydrogen-bond acceptors (Lipinski definition) is 4. The van der Waals surface area contributed by atoms with Crippen LogP contribution in [0.1, 0.15) is 22.0 Å². The number of ether oxygens (including phenoxy) is 2. The highest BCUT2D eigenvalue weighted by molar-refractivity contribution is 9.10. The zero-order chi connectivity index (χ0) is 16.8. The predicted molar refractivity (Wildman–Crippen MR) is 91.0 cm³/mol. The molecule has 0 spiro atoms. The topological polar surface area (TPSA) is 67.8 Å². The molecule has 6 heteroatoms. The summed E-state index contributed by atoms with van der Waals surface area (Å²) in [6.07, 6.45) is -0.846. The fourth-order valence-corrected chi connectivity index (χ4v) is 2.57. The lowest BCUT2D eigenvalue weighted by Crippen LogP contribution is -2.28. The minimum absolute atomic E-state index is 0.0929. The van der Waals surface area contributed by atoms with Gasteiger partial charge in [0.25, 0.3) is 5.91 Å². The Morgan fingerprint density at radius 2 is 1.87 bits per heavy atom. The summed E-state index contributed by atoms with van der Waals surface area (Å²) < 4.78 is 11.1. The van der Waals surface area contributed by atoms with Crippen LogP contribution in [-0.2, 0) is 0 Å². The lowest BCUT2D eigenvalue weighted by molar-refractivity contribution is 0.0915. The third kappa shape index (κ3) is 4.24. The van der Waals surface area contributed by atoms with Gasteiger partial charge in [0.15, 0.2) is 11.5 Å². The molecule has 122 valence electrons. The molecule has 2 aromatic carbocycles. The molecule has 0 radical (unpaired) electrons. The Hall–Kier alpha value is -2.05. The first-order valence-electron chi connectivity index (χ1n) is 6.99. The van der Waals surface area contributed by atoms with Gasteiger partial charge in [0.05, 0.1) is 25.9 Å². The van der Waals surface area contributed by atoms with Crippen LogP contribution >= 0.6 is 15.9 Å². The molecule has 0 aliphatic heterocycles. The number of benzene rings is 2. The number of halogens is 1. The highest BCUT2D eigenvalue weighted by atomic mass is 79.9. The third-order valence-corrected chi connectivity index (χ3v) is 4.06. The molecule has 0 unspecified atom stereocenters. The Bertz CT molecular complexity index is 690. The van der Waals surface area contributed by atoms with E-state index in [0.717, 1.165) is 0 Å². The number of carbonyl (C=O) groups is 1. The van der Waals surface area contributed by atoms with Gasteiger partial charge in [-0.25, -0.2) is 0 Å². The molecule has 23 heavy (non-hydrogen) atoms. The Labute approximate surface area is 143 Å². The Balaban J connectivity index is 2.03. The molecule has 0 aliphatic carbocycles. The van der Waals surface area contributed by atoms with Crippen molar-refractivity contribution >= 4 is 21.8 Å². The number of aliphatic hydroxyl groups excluding tert-OH is 1. The first-order chi connectivity index (χ1) is 11.1. The molecule has 2 N–H and O–H groups in total. The molecule has 2 rings (SSSR count). The van der Waals surface area contributed by atoms with Crippen molar-refractivity contribution in [3.63, 3.8) is 0 Å². The standard InChI is InChI=1S/C17H18BrNO4/c1-22-15-8-7-11(9-16(15)23-2)14(20)10-19-17(21)12-5-3-4-6-13(12)18/h3-9,14,20H,10H2,1-2H3,(H,19,21)/t14-/m0/s1. The van der Waals surface area contributed by atoms with Gasteiger partial charge in [-0.15, -0.1) is 0 Å². The second kappa shape index (κ2) is 7.99. The van der Waals surface area contributed by atoms with Gasteiger partial charge in [0.2, 0.25) is 0 Å². The number of methoxy groups -OCH3 is 2. The highest BCUT2D eigenvalue weighted by Gasteiger charge is 2.14. The summed E-state index contributed by atoms with van der Waals surface area (Å²) in [6.45, 7) is 0.0929. The number of hydrogen-bond donors (Lipinski definition) is 2. The second-order valence-electron chi connectivity index (χ2n) is 4.82. The van der Waals surface area contributed by atoms with Crippen molar-refractivity contribution in [1.82, 2.24) is 5.32 Å². The van der Waals surface area contributed by atoms with Gasteiger partial charge in [0.1, 0.15) is 0 Å². The van der Waals surface area contributed by atoms with E-state index in [2.05, 4.69) is 21.2 Å². The number of amides is 1. The number of rotatable bonds is 6. The van der Waals surface area contributed by atoms with Gasteiger partial charge in [-0.1, -0.05) is 18.2 Å². The van der Waals surface area contributed by atoms with E-state index in [4.69, 9.17) is 9.47 Å². The number of nitrogens with one attached hydrogen (secondary N) is 1. The van der Waals surface area contributed by atoms with Crippen LogP contribution in [-0.4, -0.2) is 31.8 Å². The molecule has 2 aromatic rings. The fourth-order valence-electron chi connectivity index (χ4n) is 2.11. The number of aliphatic hydroxyl groups is 1. The largest absolute Gasteiger partial charge is 0.493 e. The monoisotopic (exact) mass is 379 g/mol. The Morgan fingerprint density at radius 1 is 1.17 bits per heavy atom. The SMILES string of the molecule is COc1ccc([C@@H](O)CNC(=O)c2ccccc2Br)cc1OC. The summed E-state index contributed by atoms with van der Waals surface area (Å²) in [6, 6.07) is 12.3. The van der Waals surface area contributed by atoms with Crippen LogP contribution in [0.3, 0.4) is 0 Å². The maximum atomic E-state index is 12.1. The van der Waals surface area contributed by atoms with E-state index in [1.165, 1.54) is 7.11 Å². The van der Waals surface area contributed by atoms with E-state index in [1.54, 1.807) is 43.5 Å². The van der Waals surface area contributed by atoms with Crippen LogP contribution in [0.15, 0.2) is 46.9 Å². The molecule has 0 fully saturated rings. The first kappa shape index (κ1) is 17.3. The van der Waals surface area contributed by atoms with Crippen molar-refractivity contribution in [2.45, 2.75) is 6.10 Å². The highest BCUT2D eigenvalue weighted by Crippen LogP contribution is 2.29. The summed E-state index contributed by atoms with van der Waals surface area (Å²) in [5.74, 6) is 0.860. The van der Waals surface area contributed by atoms with Crippen molar-refractivity contribution < 1.29 is 19.4 Å². The molecule has 0 saturated heterocycles. The zero-order valence-electron chi connectivity index (χ0n) is 12.9. The molecule has 0 saturated carbocycles. The van der Waals surface area contributed by atoms with E-state index in [0.29, 0.717) is 27.1 Å². The molecule has 0 aromatic heterocycles. The van der Waals surface area contributed by atoms with Gasteiger partial charge < -0.3 is 19.9 Å². The molecular weight excluding hydrogens is 362 g/mol. The predicted octanol–water partition coefficient (Wildman–Crippen LogP) is 2.93. The van der Waals surface area contributed by atoms with Crippen molar-refractivity contribution in [2.24, 2.45) is 0 Å². The van der Waals surface area contributed by atoms with Gasteiger partial charge in [-0.05, 0) is 45.8 Å². The average molecular weight is 380 g/mol. The van der Waals surface area contributed by atoms with Crippen molar-refractivity contribution in [3.05, 3.63) is 58.1 Å². The quantitative estimate of drug-likeness (QED) is 0.809. The molecule has 5 nitrogen and oxygen atoms in total. The van der Waals surface area contributed by atoms with Crippen molar-refractivity contribution in [1.29, 1.82) is 0 Å². The van der Waals surface area contributed by atoms with Crippen LogP contribution in [0.5, 0.6) is 11.5 Å². The summed E-state index contributed by atoms with van der Waals surface area (Å²) in [5.41, 5.74) is 1.15. The van der Waals surface area contributed by atoms with E-state index in [-0.39, 0.29) is 12.5 Å². The Morgan fingerprint density at radius 3 is 2.52 bits per heavy atom. The van der Waals surface area contributed by atoms with Crippen LogP contribution in [0.4, 0.5) is 0 Å². The number of carbonyl (C=O) groups excluding carboxylic acids is 1. The van der Waals surface area contributed by atoms with E-state index >= 15 is 0 Å². The lowest BCUT2D eigenvalue weighted by Gasteiger charge is -2.15. The van der Waals surface area contributed by atoms with Gasteiger partial charge in [-0.3, -0.25) is 4.79 Å². The van der Waals surface area contributed by atoms with Crippen molar-refractivity contribution in [3.8, 4) is 11.5 Å². The van der Waals surface area contributed by atoms with Crippen molar-refractivity contribution in [2.75, 3.05) is 20.8 Å².